The van der Waals surface area contributed by atoms with Crippen molar-refractivity contribution >= 4 is 25.6 Å². The molecule has 2 rings (SSSR count). The predicted octanol–water partition coefficient (Wildman–Crippen LogP) is 2.79. The third-order valence-electron chi connectivity index (χ3n) is 3.73. The van der Waals surface area contributed by atoms with E-state index in [0.29, 0.717) is 17.0 Å². The molecule has 0 spiro atoms. The molecule has 110 valence electrons. The molecule has 20 heavy (non-hydrogen) atoms. The molecule has 1 heterocycles. The zero-order chi connectivity index (χ0) is 14.9. The normalized spacial score (nSPS) is 19.4. The number of hydrogen-bond acceptors (Lipinski definition) is 3. The standard InChI is InChI=1S/C14H18ClNO3S/c1-3-11-4-5-16(9-11)14(17)12-6-10(2)7-13(8-12)20(15,18)19/h6-8,11H,3-5,9H2,1-2H3. The number of hydrogen-bond donors (Lipinski definition) is 0. The number of carbonyl (C=O) groups excluding carboxylic acids is 1. The monoisotopic (exact) mass is 315 g/mol. The molecule has 0 saturated carbocycles. The first-order valence-corrected chi connectivity index (χ1v) is 8.98. The van der Waals surface area contributed by atoms with Crippen molar-refractivity contribution < 1.29 is 13.2 Å². The van der Waals surface area contributed by atoms with Gasteiger partial charge in [-0.3, -0.25) is 4.79 Å². The molecule has 0 radical (unpaired) electrons. The topological polar surface area (TPSA) is 54.5 Å². The summed E-state index contributed by atoms with van der Waals surface area (Å²) >= 11 is 0. The summed E-state index contributed by atoms with van der Waals surface area (Å²) in [6.07, 6.45) is 2.06. The molecule has 1 saturated heterocycles. The van der Waals surface area contributed by atoms with E-state index in [1.807, 2.05) is 0 Å². The molecule has 0 bridgehead atoms. The third-order valence-corrected chi connectivity index (χ3v) is 5.06. The fraction of sp³-hybridized carbons (Fsp3) is 0.500. The van der Waals surface area contributed by atoms with Gasteiger partial charge in [0.05, 0.1) is 4.90 Å². The van der Waals surface area contributed by atoms with E-state index in [2.05, 4.69) is 6.92 Å². The first-order valence-electron chi connectivity index (χ1n) is 6.67. The fourth-order valence-corrected chi connectivity index (χ4v) is 3.41. The molecule has 4 nitrogen and oxygen atoms in total. The van der Waals surface area contributed by atoms with Gasteiger partial charge in [-0.1, -0.05) is 13.3 Å². The number of amides is 1. The quantitative estimate of drug-likeness (QED) is 0.806. The Labute approximate surface area is 124 Å². The molecular formula is C14H18ClNO3S. The number of aryl methyl sites for hydroxylation is 1. The average molecular weight is 316 g/mol. The van der Waals surface area contributed by atoms with E-state index in [1.165, 1.54) is 12.1 Å². The van der Waals surface area contributed by atoms with Gasteiger partial charge in [0, 0.05) is 29.3 Å². The molecular weight excluding hydrogens is 298 g/mol. The van der Waals surface area contributed by atoms with Crippen molar-refractivity contribution in [3.05, 3.63) is 29.3 Å². The molecule has 0 aromatic heterocycles. The summed E-state index contributed by atoms with van der Waals surface area (Å²) in [5.74, 6) is 0.422. The molecule has 1 aromatic rings. The molecule has 1 atom stereocenters. The second-order valence-corrected chi connectivity index (χ2v) is 7.85. The summed E-state index contributed by atoms with van der Waals surface area (Å²) < 4.78 is 22.8. The molecule has 1 amide bonds. The van der Waals surface area contributed by atoms with Gasteiger partial charge in [0.25, 0.3) is 15.0 Å². The van der Waals surface area contributed by atoms with Gasteiger partial charge >= 0.3 is 0 Å². The molecule has 0 aliphatic carbocycles. The second-order valence-electron chi connectivity index (χ2n) is 5.29. The Kier molecular flexibility index (Phi) is 4.39. The zero-order valence-electron chi connectivity index (χ0n) is 11.6. The first-order chi connectivity index (χ1) is 9.31. The predicted molar refractivity (Wildman–Crippen MR) is 78.5 cm³/mol. The lowest BCUT2D eigenvalue weighted by atomic mass is 10.1. The van der Waals surface area contributed by atoms with Crippen molar-refractivity contribution in [3.63, 3.8) is 0 Å². The fourth-order valence-electron chi connectivity index (χ4n) is 2.55. The highest BCUT2D eigenvalue weighted by atomic mass is 35.7. The van der Waals surface area contributed by atoms with Crippen molar-refractivity contribution in [3.8, 4) is 0 Å². The Morgan fingerprint density at radius 2 is 2.10 bits per heavy atom. The minimum atomic E-state index is -3.82. The molecule has 1 unspecified atom stereocenters. The third kappa shape index (κ3) is 3.33. The van der Waals surface area contributed by atoms with Gasteiger partial charge < -0.3 is 4.90 Å². The minimum absolute atomic E-state index is 0.0197. The van der Waals surface area contributed by atoms with Crippen molar-refractivity contribution in [2.45, 2.75) is 31.6 Å². The van der Waals surface area contributed by atoms with E-state index in [9.17, 15) is 13.2 Å². The van der Waals surface area contributed by atoms with E-state index in [1.54, 1.807) is 17.9 Å². The van der Waals surface area contributed by atoms with Gasteiger partial charge in [-0.2, -0.15) is 0 Å². The van der Waals surface area contributed by atoms with Crippen molar-refractivity contribution in [2.75, 3.05) is 13.1 Å². The van der Waals surface area contributed by atoms with E-state index in [-0.39, 0.29) is 10.8 Å². The van der Waals surface area contributed by atoms with Crippen LogP contribution in [-0.4, -0.2) is 32.3 Å². The number of benzene rings is 1. The lowest BCUT2D eigenvalue weighted by Gasteiger charge is -2.17. The molecule has 1 fully saturated rings. The molecule has 0 N–H and O–H groups in total. The summed E-state index contributed by atoms with van der Waals surface area (Å²) in [4.78, 5) is 14.2. The Morgan fingerprint density at radius 1 is 1.40 bits per heavy atom. The maximum Gasteiger partial charge on any atom is 0.261 e. The largest absolute Gasteiger partial charge is 0.338 e. The van der Waals surface area contributed by atoms with Crippen molar-refractivity contribution in [2.24, 2.45) is 5.92 Å². The van der Waals surface area contributed by atoms with Crippen molar-refractivity contribution in [1.82, 2.24) is 4.90 Å². The van der Waals surface area contributed by atoms with Crippen LogP contribution >= 0.6 is 10.7 Å². The van der Waals surface area contributed by atoms with Crippen LogP contribution < -0.4 is 0 Å². The summed E-state index contributed by atoms with van der Waals surface area (Å²) in [6.45, 7) is 5.34. The lowest BCUT2D eigenvalue weighted by molar-refractivity contribution is 0.0786. The van der Waals surface area contributed by atoms with Crippen LogP contribution in [-0.2, 0) is 9.05 Å². The van der Waals surface area contributed by atoms with Crippen LogP contribution in [0.2, 0.25) is 0 Å². The van der Waals surface area contributed by atoms with Crippen LogP contribution in [0, 0.1) is 12.8 Å². The number of nitrogens with zero attached hydrogens (tertiary/aromatic N) is 1. The highest BCUT2D eigenvalue weighted by molar-refractivity contribution is 8.13. The Balaban J connectivity index is 2.29. The minimum Gasteiger partial charge on any atom is -0.338 e. The van der Waals surface area contributed by atoms with E-state index < -0.39 is 9.05 Å². The van der Waals surface area contributed by atoms with Gasteiger partial charge in [0.15, 0.2) is 0 Å². The van der Waals surface area contributed by atoms with Crippen LogP contribution in [0.15, 0.2) is 23.1 Å². The molecule has 1 aromatic carbocycles. The maximum atomic E-state index is 12.4. The lowest BCUT2D eigenvalue weighted by Crippen LogP contribution is -2.28. The highest BCUT2D eigenvalue weighted by Crippen LogP contribution is 2.24. The number of rotatable bonds is 3. The Morgan fingerprint density at radius 3 is 2.65 bits per heavy atom. The highest BCUT2D eigenvalue weighted by Gasteiger charge is 2.26. The number of halogens is 1. The van der Waals surface area contributed by atoms with Crippen molar-refractivity contribution in [1.29, 1.82) is 0 Å². The van der Waals surface area contributed by atoms with Gasteiger partial charge in [-0.05, 0) is 43.0 Å². The zero-order valence-corrected chi connectivity index (χ0v) is 13.2. The number of carbonyl (C=O) groups is 1. The second kappa shape index (κ2) is 5.74. The van der Waals surface area contributed by atoms with Crippen LogP contribution in [0.4, 0.5) is 0 Å². The molecule has 1 aliphatic rings. The summed E-state index contributed by atoms with van der Waals surface area (Å²) in [6, 6.07) is 4.53. The van der Waals surface area contributed by atoms with Gasteiger partial charge in [0.2, 0.25) is 0 Å². The average Bonchev–Trinajstić information content (AvgIpc) is 2.84. The Bertz CT molecular complexity index is 627. The summed E-state index contributed by atoms with van der Waals surface area (Å²) in [5, 5.41) is 0. The van der Waals surface area contributed by atoms with Gasteiger partial charge in [0.1, 0.15) is 0 Å². The van der Waals surface area contributed by atoms with Crippen LogP contribution in [0.3, 0.4) is 0 Å². The maximum absolute atomic E-state index is 12.4. The Hall–Kier alpha value is -1.07. The smallest absolute Gasteiger partial charge is 0.261 e. The van der Waals surface area contributed by atoms with E-state index in [4.69, 9.17) is 10.7 Å². The van der Waals surface area contributed by atoms with Crippen LogP contribution in [0.1, 0.15) is 35.7 Å². The van der Waals surface area contributed by atoms with Crippen LogP contribution in [0.5, 0.6) is 0 Å². The molecule has 6 heteroatoms. The van der Waals surface area contributed by atoms with E-state index >= 15 is 0 Å². The number of likely N-dealkylation sites (tertiary alicyclic amines) is 1. The van der Waals surface area contributed by atoms with Crippen LogP contribution in [0.25, 0.3) is 0 Å². The van der Waals surface area contributed by atoms with Gasteiger partial charge in [-0.15, -0.1) is 0 Å². The van der Waals surface area contributed by atoms with Gasteiger partial charge in [-0.25, -0.2) is 8.42 Å². The summed E-state index contributed by atoms with van der Waals surface area (Å²) in [5.41, 5.74) is 1.10. The van der Waals surface area contributed by atoms with E-state index in [0.717, 1.165) is 25.9 Å². The SMILES string of the molecule is CCC1CCN(C(=O)c2cc(C)cc(S(=O)(=O)Cl)c2)C1. The first kappa shape index (κ1) is 15.3. The summed E-state index contributed by atoms with van der Waals surface area (Å²) in [7, 11) is 1.54. The molecule has 1 aliphatic heterocycles.